The van der Waals surface area contributed by atoms with E-state index in [1.807, 2.05) is 33.8 Å². The topological polar surface area (TPSA) is 97.8 Å². The monoisotopic (exact) mass is 443 g/mol. The normalized spacial score (nSPS) is 18.0. The van der Waals surface area contributed by atoms with Crippen molar-refractivity contribution in [1.29, 1.82) is 0 Å². The molecule has 1 atom stereocenters. The molecule has 1 fully saturated rings. The van der Waals surface area contributed by atoms with Crippen molar-refractivity contribution in [2.75, 3.05) is 24.7 Å². The van der Waals surface area contributed by atoms with E-state index in [1.54, 1.807) is 0 Å². The van der Waals surface area contributed by atoms with E-state index >= 15 is 0 Å². The first-order valence-electron chi connectivity index (χ1n) is 9.74. The van der Waals surface area contributed by atoms with Gasteiger partial charge in [0.05, 0.1) is 17.9 Å². The van der Waals surface area contributed by atoms with Gasteiger partial charge >= 0.3 is 5.97 Å². The molecule has 1 amide bonds. The van der Waals surface area contributed by atoms with E-state index in [9.17, 15) is 22.8 Å². The Kier molecular flexibility index (Phi) is 7.99. The molecule has 0 N–H and O–H groups in total. The number of nitrogens with zero attached hydrogens (tertiary/aromatic N) is 1. The van der Waals surface area contributed by atoms with Gasteiger partial charge in [-0.1, -0.05) is 13.8 Å². The van der Waals surface area contributed by atoms with E-state index in [0.717, 1.165) is 9.75 Å². The van der Waals surface area contributed by atoms with Crippen LogP contribution in [0.15, 0.2) is 6.07 Å². The van der Waals surface area contributed by atoms with E-state index in [-0.39, 0.29) is 42.1 Å². The van der Waals surface area contributed by atoms with Crippen LogP contribution in [0.5, 0.6) is 0 Å². The summed E-state index contributed by atoms with van der Waals surface area (Å²) in [6.45, 7) is 7.64. The zero-order valence-electron chi connectivity index (χ0n) is 17.4. The van der Waals surface area contributed by atoms with Gasteiger partial charge < -0.3 is 9.64 Å². The second-order valence-electron chi connectivity index (χ2n) is 7.91. The minimum absolute atomic E-state index is 0.0284. The van der Waals surface area contributed by atoms with Crippen LogP contribution in [-0.2, 0) is 24.2 Å². The van der Waals surface area contributed by atoms with E-state index in [0.29, 0.717) is 18.5 Å². The number of hydrogen-bond acceptors (Lipinski definition) is 7. The fourth-order valence-electron chi connectivity index (χ4n) is 3.42. The highest BCUT2D eigenvalue weighted by molar-refractivity contribution is 7.91. The van der Waals surface area contributed by atoms with Gasteiger partial charge in [-0.15, -0.1) is 11.3 Å². The van der Waals surface area contributed by atoms with Crippen LogP contribution in [0.25, 0.3) is 0 Å². The number of aryl methyl sites for hydroxylation is 2. The van der Waals surface area contributed by atoms with Crippen molar-refractivity contribution in [2.24, 2.45) is 5.92 Å². The first kappa shape index (κ1) is 23.5. The largest absolute Gasteiger partial charge is 0.456 e. The standard InChI is InChI=1S/C20H29NO6S2/c1-13(2)10-21(16-7-8-29(25,26)12-16)19(23)11-27-20(24)6-5-18(22)17-9-14(3)28-15(17)4/h9,13,16H,5-8,10-12H2,1-4H3. The summed E-state index contributed by atoms with van der Waals surface area (Å²) in [6.07, 6.45) is 0.339. The Morgan fingerprint density at radius 2 is 1.93 bits per heavy atom. The van der Waals surface area contributed by atoms with Gasteiger partial charge in [-0.05, 0) is 32.3 Å². The number of esters is 1. The third-order valence-electron chi connectivity index (χ3n) is 4.79. The number of carbonyl (C=O) groups excluding carboxylic acids is 3. The molecule has 29 heavy (non-hydrogen) atoms. The fourth-order valence-corrected chi connectivity index (χ4v) is 6.10. The number of rotatable bonds is 9. The lowest BCUT2D eigenvalue weighted by atomic mass is 10.1. The summed E-state index contributed by atoms with van der Waals surface area (Å²) in [5.74, 6) is -0.943. The Hall–Kier alpha value is -1.74. The van der Waals surface area contributed by atoms with Crippen molar-refractivity contribution in [3.8, 4) is 0 Å². The van der Waals surface area contributed by atoms with Crippen molar-refractivity contribution in [1.82, 2.24) is 4.90 Å². The minimum Gasteiger partial charge on any atom is -0.456 e. The first-order valence-corrected chi connectivity index (χ1v) is 12.4. The van der Waals surface area contributed by atoms with Crippen LogP contribution in [0.1, 0.15) is 53.2 Å². The molecule has 162 valence electrons. The lowest BCUT2D eigenvalue weighted by Crippen LogP contribution is -2.45. The number of hydrogen-bond donors (Lipinski definition) is 0. The van der Waals surface area contributed by atoms with E-state index in [4.69, 9.17) is 4.74 Å². The Bertz CT molecular complexity index is 872. The lowest BCUT2D eigenvalue weighted by Gasteiger charge is -2.29. The average Bonchev–Trinajstić information content (AvgIpc) is 3.15. The SMILES string of the molecule is Cc1cc(C(=O)CCC(=O)OCC(=O)N(CC(C)C)C2CCS(=O)(=O)C2)c(C)s1. The lowest BCUT2D eigenvalue weighted by molar-refractivity contribution is -0.153. The molecule has 0 spiro atoms. The van der Waals surface area contributed by atoms with Crippen molar-refractivity contribution >= 4 is 38.8 Å². The molecule has 2 heterocycles. The molecule has 1 aliphatic heterocycles. The molecule has 2 rings (SSSR count). The van der Waals surface area contributed by atoms with Crippen LogP contribution in [-0.4, -0.2) is 61.7 Å². The molecular weight excluding hydrogens is 414 g/mol. The van der Waals surface area contributed by atoms with Crippen LogP contribution in [0.4, 0.5) is 0 Å². The van der Waals surface area contributed by atoms with Crippen molar-refractivity contribution in [3.63, 3.8) is 0 Å². The number of carbonyl (C=O) groups is 3. The second kappa shape index (κ2) is 9.84. The Balaban J connectivity index is 1.86. The molecule has 9 heteroatoms. The number of sulfone groups is 1. The number of thiophene rings is 1. The third-order valence-corrected chi connectivity index (χ3v) is 7.50. The van der Waals surface area contributed by atoms with Gasteiger partial charge in [-0.2, -0.15) is 0 Å². The second-order valence-corrected chi connectivity index (χ2v) is 11.6. The maximum absolute atomic E-state index is 12.6. The molecule has 0 radical (unpaired) electrons. The number of Topliss-reactive ketones (excluding diaryl/α,β-unsaturated/α-hetero) is 1. The van der Waals surface area contributed by atoms with Crippen LogP contribution in [0.3, 0.4) is 0 Å². The highest BCUT2D eigenvalue weighted by Crippen LogP contribution is 2.22. The van der Waals surface area contributed by atoms with Crippen molar-refractivity contribution in [3.05, 3.63) is 21.4 Å². The van der Waals surface area contributed by atoms with Crippen LogP contribution < -0.4 is 0 Å². The summed E-state index contributed by atoms with van der Waals surface area (Å²) in [4.78, 5) is 40.3. The minimum atomic E-state index is -3.13. The fraction of sp³-hybridized carbons (Fsp3) is 0.650. The number of ketones is 1. The van der Waals surface area contributed by atoms with Crippen LogP contribution in [0, 0.1) is 19.8 Å². The summed E-state index contributed by atoms with van der Waals surface area (Å²) in [6, 6.07) is 1.44. The zero-order chi connectivity index (χ0) is 21.8. The summed E-state index contributed by atoms with van der Waals surface area (Å²) >= 11 is 1.54. The molecule has 0 saturated carbocycles. The molecule has 0 aromatic carbocycles. The van der Waals surface area contributed by atoms with Crippen LogP contribution >= 0.6 is 11.3 Å². The Labute approximate surface area is 176 Å². The number of amides is 1. The van der Waals surface area contributed by atoms with Gasteiger partial charge in [0.2, 0.25) is 0 Å². The molecule has 1 unspecified atom stereocenters. The molecule has 0 bridgehead atoms. The Morgan fingerprint density at radius 3 is 2.45 bits per heavy atom. The molecule has 1 aromatic rings. The van der Waals surface area contributed by atoms with Crippen molar-refractivity contribution in [2.45, 2.75) is 53.0 Å². The predicted octanol–water partition coefficient (Wildman–Crippen LogP) is 2.54. The summed E-state index contributed by atoms with van der Waals surface area (Å²) in [5, 5.41) is 0. The van der Waals surface area contributed by atoms with Crippen LogP contribution in [0.2, 0.25) is 0 Å². The predicted molar refractivity (Wildman–Crippen MR) is 112 cm³/mol. The molecular formula is C20H29NO6S2. The molecule has 7 nitrogen and oxygen atoms in total. The summed E-state index contributed by atoms with van der Waals surface area (Å²) in [7, 11) is -3.13. The summed E-state index contributed by atoms with van der Waals surface area (Å²) < 4.78 is 28.6. The molecule has 1 saturated heterocycles. The van der Waals surface area contributed by atoms with Crippen molar-refractivity contribution < 1.29 is 27.5 Å². The molecule has 1 aliphatic rings. The first-order chi connectivity index (χ1) is 13.5. The zero-order valence-corrected chi connectivity index (χ0v) is 19.0. The maximum atomic E-state index is 12.6. The molecule has 1 aromatic heterocycles. The quantitative estimate of drug-likeness (QED) is 0.430. The van der Waals surface area contributed by atoms with E-state index in [2.05, 4.69) is 0 Å². The summed E-state index contributed by atoms with van der Waals surface area (Å²) in [5.41, 5.74) is 0.627. The van der Waals surface area contributed by atoms with Gasteiger partial charge in [0.15, 0.2) is 22.2 Å². The van der Waals surface area contributed by atoms with Gasteiger partial charge in [-0.3, -0.25) is 14.4 Å². The van der Waals surface area contributed by atoms with E-state index in [1.165, 1.54) is 16.2 Å². The Morgan fingerprint density at radius 1 is 1.24 bits per heavy atom. The van der Waals surface area contributed by atoms with Gasteiger partial charge in [0, 0.05) is 34.3 Å². The van der Waals surface area contributed by atoms with Gasteiger partial charge in [0.1, 0.15) is 0 Å². The third kappa shape index (κ3) is 6.92. The molecule has 0 aliphatic carbocycles. The van der Waals surface area contributed by atoms with Gasteiger partial charge in [0.25, 0.3) is 5.91 Å². The smallest absolute Gasteiger partial charge is 0.306 e. The highest BCUT2D eigenvalue weighted by atomic mass is 32.2. The van der Waals surface area contributed by atoms with E-state index < -0.39 is 28.3 Å². The number of ether oxygens (including phenoxy) is 1. The van der Waals surface area contributed by atoms with Gasteiger partial charge in [-0.25, -0.2) is 8.42 Å². The highest BCUT2D eigenvalue weighted by Gasteiger charge is 2.35. The maximum Gasteiger partial charge on any atom is 0.306 e. The average molecular weight is 444 g/mol.